The van der Waals surface area contributed by atoms with Gasteiger partial charge in [0.25, 0.3) is 5.91 Å². The number of anilines is 1. The van der Waals surface area contributed by atoms with Crippen LogP contribution in [0.5, 0.6) is 0 Å². The molecule has 1 amide bonds. The Morgan fingerprint density at radius 1 is 0.889 bits per heavy atom. The molecule has 0 bridgehead atoms. The maximum Gasteiger partial charge on any atom is 0.252 e. The van der Waals surface area contributed by atoms with E-state index in [1.165, 1.54) is 11.1 Å². The molecule has 27 heavy (non-hydrogen) atoms. The molecule has 0 radical (unpaired) electrons. The molecule has 3 aromatic rings. The number of nitrogens with one attached hydrogen (secondary N) is 2. The van der Waals surface area contributed by atoms with E-state index < -0.39 is 0 Å². The Labute approximate surface area is 164 Å². The van der Waals surface area contributed by atoms with E-state index in [-0.39, 0.29) is 5.91 Å². The van der Waals surface area contributed by atoms with Gasteiger partial charge in [0.2, 0.25) is 0 Å². The van der Waals surface area contributed by atoms with Crippen LogP contribution in [-0.4, -0.2) is 24.0 Å². The molecule has 1 heterocycles. The number of benzene rings is 2. The average Bonchev–Trinajstić information content (AvgIpc) is 2.69. The zero-order valence-corrected chi connectivity index (χ0v) is 15.7. The third-order valence-corrected chi connectivity index (χ3v) is 4.41. The molecule has 0 unspecified atom stereocenters. The van der Waals surface area contributed by atoms with Crippen LogP contribution in [0.4, 0.5) is 5.82 Å². The van der Waals surface area contributed by atoms with Gasteiger partial charge in [-0.25, -0.2) is 4.98 Å². The number of nitrogens with zero attached hydrogens (tertiary/aromatic N) is 1. The minimum absolute atomic E-state index is 0.107. The van der Waals surface area contributed by atoms with Gasteiger partial charge in [0.1, 0.15) is 5.82 Å². The van der Waals surface area contributed by atoms with Gasteiger partial charge in [-0.2, -0.15) is 0 Å². The number of aromatic nitrogens is 1. The summed E-state index contributed by atoms with van der Waals surface area (Å²) in [5.41, 5.74) is 2.93. The van der Waals surface area contributed by atoms with Gasteiger partial charge < -0.3 is 10.6 Å². The Kier molecular flexibility index (Phi) is 6.83. The van der Waals surface area contributed by atoms with Crippen molar-refractivity contribution in [1.29, 1.82) is 0 Å². The number of hydrogen-bond donors (Lipinski definition) is 2. The van der Waals surface area contributed by atoms with E-state index in [4.69, 9.17) is 11.6 Å². The molecule has 2 N–H and O–H groups in total. The maximum absolute atomic E-state index is 12.2. The predicted octanol–water partition coefficient (Wildman–Crippen LogP) is 4.36. The molecule has 0 spiro atoms. The highest BCUT2D eigenvalue weighted by Gasteiger charge is 2.06. The zero-order chi connectivity index (χ0) is 18.9. The van der Waals surface area contributed by atoms with Crippen molar-refractivity contribution in [2.75, 3.05) is 18.4 Å². The van der Waals surface area contributed by atoms with Crippen LogP contribution in [0.1, 0.15) is 21.5 Å². The van der Waals surface area contributed by atoms with Crippen LogP contribution in [0.2, 0.25) is 5.02 Å². The normalized spacial score (nSPS) is 10.4. The van der Waals surface area contributed by atoms with Crippen LogP contribution < -0.4 is 10.6 Å². The van der Waals surface area contributed by atoms with Crippen molar-refractivity contribution in [3.05, 3.63) is 94.6 Å². The standard InChI is InChI=1S/C22H22ClN3O/c23-20-8-4-7-18(15-20)12-13-24-21-10-9-19(16-26-21)22(27)25-14-11-17-5-2-1-3-6-17/h1-10,15-16H,11-14H2,(H,24,26)(H,25,27). The van der Waals surface area contributed by atoms with Crippen molar-refractivity contribution in [3.63, 3.8) is 0 Å². The van der Waals surface area contributed by atoms with E-state index in [2.05, 4.69) is 27.8 Å². The predicted molar refractivity (Wildman–Crippen MR) is 110 cm³/mol. The lowest BCUT2D eigenvalue weighted by Crippen LogP contribution is -2.25. The highest BCUT2D eigenvalue weighted by Crippen LogP contribution is 2.11. The summed E-state index contributed by atoms with van der Waals surface area (Å²) in [7, 11) is 0. The van der Waals surface area contributed by atoms with E-state index in [0.717, 1.165) is 30.2 Å². The quantitative estimate of drug-likeness (QED) is 0.611. The first-order valence-electron chi connectivity index (χ1n) is 8.97. The maximum atomic E-state index is 12.2. The van der Waals surface area contributed by atoms with E-state index >= 15 is 0 Å². The zero-order valence-electron chi connectivity index (χ0n) is 15.0. The minimum Gasteiger partial charge on any atom is -0.370 e. The smallest absolute Gasteiger partial charge is 0.252 e. The van der Waals surface area contributed by atoms with Gasteiger partial charge in [-0.3, -0.25) is 4.79 Å². The summed E-state index contributed by atoms with van der Waals surface area (Å²) in [6.07, 6.45) is 3.26. The Morgan fingerprint density at radius 3 is 2.41 bits per heavy atom. The Balaban J connectivity index is 1.43. The Bertz CT molecular complexity index is 866. The molecule has 3 rings (SSSR count). The van der Waals surface area contributed by atoms with Gasteiger partial charge in [-0.15, -0.1) is 0 Å². The van der Waals surface area contributed by atoms with Crippen LogP contribution in [0.25, 0.3) is 0 Å². The lowest BCUT2D eigenvalue weighted by atomic mass is 10.1. The Hall–Kier alpha value is -2.85. The summed E-state index contributed by atoms with van der Waals surface area (Å²) < 4.78 is 0. The molecule has 0 saturated heterocycles. The first-order chi connectivity index (χ1) is 13.2. The summed E-state index contributed by atoms with van der Waals surface area (Å²) in [4.78, 5) is 16.5. The van der Waals surface area contributed by atoms with Crippen LogP contribution in [0, 0.1) is 0 Å². The molecule has 5 heteroatoms. The molecule has 138 valence electrons. The van der Waals surface area contributed by atoms with Gasteiger partial charge in [-0.1, -0.05) is 54.1 Å². The summed E-state index contributed by atoms with van der Waals surface area (Å²) in [6, 6.07) is 21.5. The fourth-order valence-corrected chi connectivity index (χ4v) is 2.94. The largest absolute Gasteiger partial charge is 0.370 e. The lowest BCUT2D eigenvalue weighted by molar-refractivity contribution is 0.0954. The van der Waals surface area contributed by atoms with Crippen molar-refractivity contribution in [3.8, 4) is 0 Å². The van der Waals surface area contributed by atoms with Crippen LogP contribution in [-0.2, 0) is 12.8 Å². The summed E-state index contributed by atoms with van der Waals surface area (Å²) in [6.45, 7) is 1.35. The molecule has 2 aromatic carbocycles. The summed E-state index contributed by atoms with van der Waals surface area (Å²) >= 11 is 5.99. The monoisotopic (exact) mass is 379 g/mol. The van der Waals surface area contributed by atoms with E-state index in [1.807, 2.05) is 48.5 Å². The number of amides is 1. The second kappa shape index (κ2) is 9.74. The molecular weight excluding hydrogens is 358 g/mol. The number of hydrogen-bond acceptors (Lipinski definition) is 3. The van der Waals surface area contributed by atoms with Crippen molar-refractivity contribution < 1.29 is 4.79 Å². The fraction of sp³-hybridized carbons (Fsp3) is 0.182. The van der Waals surface area contributed by atoms with Crippen LogP contribution in [0.15, 0.2) is 72.9 Å². The molecule has 0 saturated carbocycles. The van der Waals surface area contributed by atoms with Crippen molar-refractivity contribution in [2.24, 2.45) is 0 Å². The molecule has 0 aliphatic rings. The van der Waals surface area contributed by atoms with E-state index in [1.54, 1.807) is 12.3 Å². The van der Waals surface area contributed by atoms with Gasteiger partial charge in [0, 0.05) is 24.3 Å². The summed E-state index contributed by atoms with van der Waals surface area (Å²) in [5.74, 6) is 0.641. The van der Waals surface area contributed by atoms with Crippen LogP contribution in [0.3, 0.4) is 0 Å². The van der Waals surface area contributed by atoms with Gasteiger partial charge in [-0.05, 0) is 48.2 Å². The lowest BCUT2D eigenvalue weighted by Gasteiger charge is -2.08. The second-order valence-corrected chi connectivity index (χ2v) is 6.67. The molecule has 0 aliphatic heterocycles. The van der Waals surface area contributed by atoms with Crippen molar-refractivity contribution in [1.82, 2.24) is 10.3 Å². The first kappa shape index (κ1) is 18.9. The highest BCUT2D eigenvalue weighted by atomic mass is 35.5. The van der Waals surface area contributed by atoms with Crippen molar-refractivity contribution >= 4 is 23.3 Å². The molecule has 0 atom stereocenters. The number of carbonyl (C=O) groups excluding carboxylic acids is 1. The third kappa shape index (κ3) is 6.12. The molecule has 4 nitrogen and oxygen atoms in total. The third-order valence-electron chi connectivity index (χ3n) is 4.18. The molecule has 1 aromatic heterocycles. The molecular formula is C22H22ClN3O. The van der Waals surface area contributed by atoms with Crippen molar-refractivity contribution in [2.45, 2.75) is 12.8 Å². The number of pyridine rings is 1. The number of carbonyl (C=O) groups is 1. The number of rotatable bonds is 8. The fourth-order valence-electron chi connectivity index (χ4n) is 2.73. The van der Waals surface area contributed by atoms with Crippen LogP contribution >= 0.6 is 11.6 Å². The van der Waals surface area contributed by atoms with Gasteiger partial charge >= 0.3 is 0 Å². The van der Waals surface area contributed by atoms with E-state index in [0.29, 0.717) is 12.1 Å². The minimum atomic E-state index is -0.107. The first-order valence-corrected chi connectivity index (χ1v) is 9.35. The average molecular weight is 380 g/mol. The van der Waals surface area contributed by atoms with Gasteiger partial charge in [0.05, 0.1) is 5.56 Å². The molecule has 0 fully saturated rings. The second-order valence-electron chi connectivity index (χ2n) is 6.23. The van der Waals surface area contributed by atoms with Gasteiger partial charge in [0.15, 0.2) is 0 Å². The highest BCUT2D eigenvalue weighted by molar-refractivity contribution is 6.30. The molecule has 0 aliphatic carbocycles. The number of halogens is 1. The SMILES string of the molecule is O=C(NCCc1ccccc1)c1ccc(NCCc2cccc(Cl)c2)nc1. The topological polar surface area (TPSA) is 54.0 Å². The summed E-state index contributed by atoms with van der Waals surface area (Å²) in [5, 5.41) is 6.93. The van der Waals surface area contributed by atoms with E-state index in [9.17, 15) is 4.79 Å². The Morgan fingerprint density at radius 2 is 1.67 bits per heavy atom.